The van der Waals surface area contributed by atoms with Gasteiger partial charge < -0.3 is 9.64 Å². The highest BCUT2D eigenvalue weighted by Crippen LogP contribution is 2.39. The first-order valence-corrected chi connectivity index (χ1v) is 10.4. The summed E-state index contributed by atoms with van der Waals surface area (Å²) in [6.45, 7) is 6.99. The van der Waals surface area contributed by atoms with Gasteiger partial charge in [0.05, 0.1) is 16.5 Å². The Balaban J connectivity index is 1.50. The van der Waals surface area contributed by atoms with Crippen LogP contribution in [0.1, 0.15) is 58.1 Å². The van der Waals surface area contributed by atoms with Crippen LogP contribution in [-0.4, -0.2) is 49.4 Å². The lowest BCUT2D eigenvalue weighted by Gasteiger charge is -2.33. The summed E-state index contributed by atoms with van der Waals surface area (Å²) in [5, 5.41) is 5.34. The number of ether oxygens (including phenoxy) is 1. The van der Waals surface area contributed by atoms with Crippen LogP contribution in [0.3, 0.4) is 0 Å². The molecule has 7 heteroatoms. The predicted octanol–water partition coefficient (Wildman–Crippen LogP) is 3.05. The van der Waals surface area contributed by atoms with E-state index in [2.05, 4.69) is 5.10 Å². The first-order chi connectivity index (χ1) is 11.7. The predicted molar refractivity (Wildman–Crippen MR) is 97.0 cm³/mol. The molecule has 140 valence electrons. The number of carbonyl (C=O) groups excluding carboxylic acids is 1. The van der Waals surface area contributed by atoms with E-state index >= 15 is 0 Å². The van der Waals surface area contributed by atoms with Crippen LogP contribution in [0.2, 0.25) is 0 Å². The minimum absolute atomic E-state index is 0.243. The number of hydrogen-bond acceptors (Lipinski definition) is 4. The quantitative estimate of drug-likeness (QED) is 0.820. The van der Waals surface area contributed by atoms with Crippen LogP contribution < -0.4 is 0 Å². The number of nitrogens with zero attached hydrogens (tertiary/aromatic N) is 3. The van der Waals surface area contributed by atoms with E-state index in [0.717, 1.165) is 23.6 Å². The van der Waals surface area contributed by atoms with Gasteiger partial charge in [0.25, 0.3) is 0 Å². The van der Waals surface area contributed by atoms with E-state index in [1.54, 1.807) is 9.58 Å². The molecule has 25 heavy (non-hydrogen) atoms. The van der Waals surface area contributed by atoms with Gasteiger partial charge in [-0.3, -0.25) is 8.89 Å². The summed E-state index contributed by atoms with van der Waals surface area (Å²) in [5.74, 6) is 1.60. The molecule has 1 atom stereocenters. The zero-order chi connectivity index (χ0) is 18.2. The van der Waals surface area contributed by atoms with E-state index in [1.165, 1.54) is 12.8 Å². The molecule has 6 nitrogen and oxygen atoms in total. The van der Waals surface area contributed by atoms with Gasteiger partial charge in [-0.05, 0) is 58.4 Å². The molecule has 1 aromatic rings. The van der Waals surface area contributed by atoms with Crippen molar-refractivity contribution in [1.29, 1.82) is 0 Å². The average molecular weight is 368 g/mol. The fourth-order valence-electron chi connectivity index (χ4n) is 3.17. The number of rotatable bonds is 4. The lowest BCUT2D eigenvalue weighted by molar-refractivity contribution is 0.0191. The van der Waals surface area contributed by atoms with Crippen molar-refractivity contribution in [2.45, 2.75) is 63.0 Å². The monoisotopic (exact) mass is 367 g/mol. The Labute approximate surface area is 152 Å². The molecule has 1 aromatic heterocycles. The van der Waals surface area contributed by atoms with Crippen molar-refractivity contribution in [1.82, 2.24) is 14.7 Å². The van der Waals surface area contributed by atoms with Crippen molar-refractivity contribution >= 4 is 16.9 Å². The number of carbonyl (C=O) groups is 1. The van der Waals surface area contributed by atoms with Gasteiger partial charge >= 0.3 is 6.09 Å². The molecule has 1 saturated carbocycles. The smallest absolute Gasteiger partial charge is 0.410 e. The third kappa shape index (κ3) is 4.84. The molecule has 0 bridgehead atoms. The minimum Gasteiger partial charge on any atom is -0.444 e. The number of aromatic nitrogens is 2. The second-order valence-corrected chi connectivity index (χ2v) is 9.67. The molecule has 2 aliphatic rings. The van der Waals surface area contributed by atoms with Gasteiger partial charge in [0, 0.05) is 31.8 Å². The molecule has 3 rings (SSSR count). The second kappa shape index (κ2) is 7.09. The van der Waals surface area contributed by atoms with Crippen LogP contribution in [0.4, 0.5) is 4.79 Å². The van der Waals surface area contributed by atoms with Crippen molar-refractivity contribution in [3.05, 3.63) is 11.8 Å². The lowest BCUT2D eigenvalue weighted by atomic mass is 9.99. The van der Waals surface area contributed by atoms with Gasteiger partial charge in [-0.2, -0.15) is 5.10 Å². The van der Waals surface area contributed by atoms with Gasteiger partial charge in [0.15, 0.2) is 0 Å². The van der Waals surface area contributed by atoms with Crippen LogP contribution in [0.25, 0.3) is 0 Å². The van der Waals surface area contributed by atoms with E-state index in [0.29, 0.717) is 30.7 Å². The normalized spacial score (nSPS) is 20.6. The van der Waals surface area contributed by atoms with E-state index in [1.807, 2.05) is 33.9 Å². The fraction of sp³-hybridized carbons (Fsp3) is 0.778. The zero-order valence-electron chi connectivity index (χ0n) is 15.7. The molecule has 1 saturated heterocycles. The Hall–Kier alpha value is -1.37. The Kier molecular flexibility index (Phi) is 5.23. The third-order valence-corrected chi connectivity index (χ3v) is 6.36. The van der Waals surface area contributed by atoms with Gasteiger partial charge in [0.1, 0.15) is 10.6 Å². The van der Waals surface area contributed by atoms with E-state index in [-0.39, 0.29) is 6.09 Å². The molecule has 0 N–H and O–H groups in total. The molecule has 2 heterocycles. The first-order valence-electron chi connectivity index (χ1n) is 9.13. The Morgan fingerprint density at radius 1 is 1.28 bits per heavy atom. The zero-order valence-corrected chi connectivity index (χ0v) is 16.5. The molecule has 2 fully saturated rings. The first kappa shape index (κ1) is 18.4. The van der Waals surface area contributed by atoms with Crippen LogP contribution >= 0.6 is 0 Å². The molecule has 1 aliphatic carbocycles. The molecule has 0 spiro atoms. The maximum Gasteiger partial charge on any atom is 0.410 e. The Bertz CT molecular complexity index is 653. The standard InChI is InChI=1S/C18H29N3O3S/c1-18(2,3)24-17(22)21-9-7-13(8-10-21)12-25(23)16-11-15(14-5-6-14)19-20(16)4/h11,13-14H,5-10,12H2,1-4H3. The van der Waals surface area contributed by atoms with E-state index in [4.69, 9.17) is 4.74 Å². The highest BCUT2D eigenvalue weighted by atomic mass is 32.2. The number of hydrogen-bond donors (Lipinski definition) is 0. The summed E-state index contributed by atoms with van der Waals surface area (Å²) in [6, 6.07) is 2.02. The number of likely N-dealkylation sites (tertiary alicyclic amines) is 1. The number of aryl methyl sites for hydroxylation is 1. The summed E-state index contributed by atoms with van der Waals surface area (Å²) in [7, 11) is 0.847. The Morgan fingerprint density at radius 3 is 2.48 bits per heavy atom. The van der Waals surface area contributed by atoms with Gasteiger partial charge in [-0.25, -0.2) is 4.79 Å². The molecule has 1 unspecified atom stereocenters. The maximum absolute atomic E-state index is 12.7. The van der Waals surface area contributed by atoms with Crippen molar-refractivity contribution in [2.24, 2.45) is 13.0 Å². The summed E-state index contributed by atoms with van der Waals surface area (Å²) in [6.07, 6.45) is 3.91. The summed E-state index contributed by atoms with van der Waals surface area (Å²) >= 11 is 0. The summed E-state index contributed by atoms with van der Waals surface area (Å²) < 4.78 is 19.9. The van der Waals surface area contributed by atoms with Crippen LogP contribution in [0, 0.1) is 5.92 Å². The van der Waals surface area contributed by atoms with Crippen molar-refractivity contribution in [3.8, 4) is 0 Å². The highest BCUT2D eigenvalue weighted by molar-refractivity contribution is 7.85. The van der Waals surface area contributed by atoms with Gasteiger partial charge in [0.2, 0.25) is 0 Å². The van der Waals surface area contributed by atoms with E-state index < -0.39 is 16.4 Å². The SMILES string of the molecule is Cn1nc(C2CC2)cc1S(=O)CC1CCN(C(=O)OC(C)(C)C)CC1. The molecular weight excluding hydrogens is 338 g/mol. The van der Waals surface area contributed by atoms with Crippen molar-refractivity contribution in [3.63, 3.8) is 0 Å². The van der Waals surface area contributed by atoms with Gasteiger partial charge in [-0.15, -0.1) is 0 Å². The topological polar surface area (TPSA) is 64.4 Å². The lowest BCUT2D eigenvalue weighted by Crippen LogP contribution is -2.42. The average Bonchev–Trinajstić information content (AvgIpc) is 3.29. The van der Waals surface area contributed by atoms with Gasteiger partial charge in [-0.1, -0.05) is 0 Å². The third-order valence-electron chi connectivity index (χ3n) is 4.74. The largest absolute Gasteiger partial charge is 0.444 e. The number of piperidine rings is 1. The van der Waals surface area contributed by atoms with E-state index in [9.17, 15) is 9.00 Å². The Morgan fingerprint density at radius 2 is 1.92 bits per heavy atom. The van der Waals surface area contributed by atoms with Crippen LogP contribution in [0.15, 0.2) is 11.1 Å². The minimum atomic E-state index is -1.03. The van der Waals surface area contributed by atoms with Crippen LogP contribution in [-0.2, 0) is 22.6 Å². The number of amides is 1. The summed E-state index contributed by atoms with van der Waals surface area (Å²) in [5.41, 5.74) is 0.624. The molecule has 1 amide bonds. The molecule has 0 radical (unpaired) electrons. The van der Waals surface area contributed by atoms with Crippen LogP contribution in [0.5, 0.6) is 0 Å². The highest BCUT2D eigenvalue weighted by Gasteiger charge is 2.30. The second-order valence-electron chi connectivity index (χ2n) is 8.23. The maximum atomic E-state index is 12.7. The van der Waals surface area contributed by atoms with Crippen molar-refractivity contribution in [2.75, 3.05) is 18.8 Å². The molecular formula is C18H29N3O3S. The molecule has 1 aliphatic heterocycles. The van der Waals surface area contributed by atoms with Crippen molar-refractivity contribution < 1.29 is 13.7 Å². The summed E-state index contributed by atoms with van der Waals surface area (Å²) in [4.78, 5) is 13.9. The molecule has 0 aromatic carbocycles. The fourth-order valence-corrected chi connectivity index (χ4v) is 4.69.